The van der Waals surface area contributed by atoms with E-state index < -0.39 is 12.6 Å². The normalized spacial score (nSPS) is 10.6. The van der Waals surface area contributed by atoms with E-state index in [1.54, 1.807) is 48.5 Å². The molecule has 2 aromatic carbocycles. The molecule has 27 heavy (non-hydrogen) atoms. The van der Waals surface area contributed by atoms with E-state index in [1.165, 1.54) is 6.21 Å². The summed E-state index contributed by atoms with van der Waals surface area (Å²) >= 11 is 0. The van der Waals surface area contributed by atoms with Gasteiger partial charge in [0.05, 0.1) is 12.8 Å². The Bertz CT molecular complexity index is 770. The first-order chi connectivity index (χ1) is 13.1. The summed E-state index contributed by atoms with van der Waals surface area (Å²) in [6.45, 7) is 2.36. The average molecular weight is 370 g/mol. The van der Waals surface area contributed by atoms with Crippen molar-refractivity contribution in [1.29, 1.82) is 0 Å². The number of ether oxygens (including phenoxy) is 2. The van der Waals surface area contributed by atoms with E-state index in [9.17, 15) is 9.59 Å². The summed E-state index contributed by atoms with van der Waals surface area (Å²) in [5.74, 6) is -0.190. The van der Waals surface area contributed by atoms with E-state index in [2.05, 4.69) is 17.5 Å². The molecule has 142 valence electrons. The van der Waals surface area contributed by atoms with Crippen LogP contribution in [0.25, 0.3) is 0 Å². The summed E-state index contributed by atoms with van der Waals surface area (Å²) in [5.41, 5.74) is 3.67. The predicted octanol–water partition coefficient (Wildman–Crippen LogP) is 3.09. The smallest absolute Gasteiger partial charge is 0.341 e. The number of nitrogens with one attached hydrogen (secondary N) is 1. The lowest BCUT2D eigenvalue weighted by atomic mass is 10.2. The van der Waals surface area contributed by atoms with Crippen molar-refractivity contribution in [3.8, 4) is 11.5 Å². The molecular weight excluding hydrogens is 348 g/mol. The third-order valence-corrected chi connectivity index (χ3v) is 3.51. The zero-order valence-corrected chi connectivity index (χ0v) is 15.1. The maximum absolute atomic E-state index is 12.1. The summed E-state index contributed by atoms with van der Waals surface area (Å²) in [7, 11) is 0. The van der Waals surface area contributed by atoms with Gasteiger partial charge in [0.1, 0.15) is 11.5 Å². The van der Waals surface area contributed by atoms with E-state index in [4.69, 9.17) is 14.6 Å². The number of carbonyl (C=O) groups is 2. The molecule has 1 amide bonds. The number of hydrazone groups is 1. The largest absolute Gasteiger partial charge is 0.494 e. The lowest BCUT2D eigenvalue weighted by Gasteiger charge is -2.06. The molecule has 2 aromatic rings. The lowest BCUT2D eigenvalue weighted by Crippen LogP contribution is -2.17. The number of hydrogen-bond acceptors (Lipinski definition) is 5. The Morgan fingerprint density at radius 3 is 2.30 bits per heavy atom. The Morgan fingerprint density at radius 2 is 1.67 bits per heavy atom. The first kappa shape index (κ1) is 20.0. The van der Waals surface area contributed by atoms with Crippen LogP contribution < -0.4 is 14.9 Å². The number of unbranched alkanes of at least 4 members (excludes halogenated alkanes) is 1. The Hall–Kier alpha value is -3.35. The molecule has 2 N–H and O–H groups in total. The number of aliphatic carboxylic acids is 1. The molecule has 0 heterocycles. The van der Waals surface area contributed by atoms with E-state index >= 15 is 0 Å². The molecule has 0 aliphatic rings. The van der Waals surface area contributed by atoms with Gasteiger partial charge in [0.2, 0.25) is 0 Å². The molecular formula is C20H22N2O5. The van der Waals surface area contributed by atoms with Gasteiger partial charge >= 0.3 is 5.97 Å². The van der Waals surface area contributed by atoms with Crippen LogP contribution in [0.3, 0.4) is 0 Å². The number of benzene rings is 2. The summed E-state index contributed by atoms with van der Waals surface area (Å²) in [5, 5.41) is 12.5. The van der Waals surface area contributed by atoms with Crippen LogP contribution in [0.2, 0.25) is 0 Å². The second kappa shape index (κ2) is 10.6. The van der Waals surface area contributed by atoms with Gasteiger partial charge in [-0.25, -0.2) is 10.2 Å². The lowest BCUT2D eigenvalue weighted by molar-refractivity contribution is -0.139. The highest BCUT2D eigenvalue weighted by Crippen LogP contribution is 2.13. The maximum atomic E-state index is 12.1. The highest BCUT2D eigenvalue weighted by atomic mass is 16.5. The minimum atomic E-state index is -1.04. The van der Waals surface area contributed by atoms with E-state index in [-0.39, 0.29) is 5.91 Å². The highest BCUT2D eigenvalue weighted by Gasteiger charge is 2.04. The second-order valence-corrected chi connectivity index (χ2v) is 5.68. The zero-order chi connectivity index (χ0) is 19.5. The van der Waals surface area contributed by atoms with Gasteiger partial charge in [0.15, 0.2) is 6.61 Å². The molecule has 0 atom stereocenters. The van der Waals surface area contributed by atoms with Crippen molar-refractivity contribution in [3.63, 3.8) is 0 Å². The standard InChI is InChI=1S/C20H22N2O5/c1-2-3-12-26-17-10-6-16(7-11-17)20(25)22-21-13-15-4-8-18(9-5-15)27-14-19(23)24/h4-11,13H,2-3,12,14H2,1H3,(H,22,25)(H,23,24). The fraction of sp³-hybridized carbons (Fsp3) is 0.250. The van der Waals surface area contributed by atoms with Gasteiger partial charge in [0.25, 0.3) is 5.91 Å². The predicted molar refractivity (Wildman–Crippen MR) is 101 cm³/mol. The molecule has 7 nitrogen and oxygen atoms in total. The van der Waals surface area contributed by atoms with Crippen LogP contribution >= 0.6 is 0 Å². The van der Waals surface area contributed by atoms with Crippen molar-refractivity contribution < 1.29 is 24.2 Å². The quantitative estimate of drug-likeness (QED) is 0.380. The van der Waals surface area contributed by atoms with Gasteiger partial charge < -0.3 is 14.6 Å². The second-order valence-electron chi connectivity index (χ2n) is 5.68. The van der Waals surface area contributed by atoms with Crippen LogP contribution in [-0.4, -0.2) is 36.4 Å². The number of carboxylic acids is 1. The van der Waals surface area contributed by atoms with Crippen molar-refractivity contribution in [2.45, 2.75) is 19.8 Å². The van der Waals surface area contributed by atoms with E-state index in [1.807, 2.05) is 0 Å². The Morgan fingerprint density at radius 1 is 1.04 bits per heavy atom. The molecule has 0 aliphatic carbocycles. The summed E-state index contributed by atoms with van der Waals surface area (Å²) < 4.78 is 10.6. The summed E-state index contributed by atoms with van der Waals surface area (Å²) in [6, 6.07) is 13.5. The minimum absolute atomic E-state index is 0.326. The number of hydrogen-bond donors (Lipinski definition) is 2. The van der Waals surface area contributed by atoms with Crippen LogP contribution in [-0.2, 0) is 4.79 Å². The number of carboxylic acid groups (broad SMARTS) is 1. The first-order valence-corrected chi connectivity index (χ1v) is 8.59. The SMILES string of the molecule is CCCCOc1ccc(C(=O)NN=Cc2ccc(OCC(=O)O)cc2)cc1. The van der Waals surface area contributed by atoms with Crippen LogP contribution in [0.15, 0.2) is 53.6 Å². The summed E-state index contributed by atoms with van der Waals surface area (Å²) in [4.78, 5) is 22.5. The number of rotatable bonds is 10. The third kappa shape index (κ3) is 7.19. The fourth-order valence-electron chi connectivity index (χ4n) is 2.06. The molecule has 0 bridgehead atoms. The van der Waals surface area contributed by atoms with Crippen molar-refractivity contribution in [3.05, 3.63) is 59.7 Å². The van der Waals surface area contributed by atoms with Crippen molar-refractivity contribution in [1.82, 2.24) is 5.43 Å². The molecule has 0 unspecified atom stereocenters. The van der Waals surface area contributed by atoms with Gasteiger partial charge in [-0.15, -0.1) is 0 Å². The van der Waals surface area contributed by atoms with Crippen LogP contribution in [0.4, 0.5) is 0 Å². The number of amides is 1. The fourth-order valence-corrected chi connectivity index (χ4v) is 2.06. The zero-order valence-electron chi connectivity index (χ0n) is 15.1. The molecule has 0 aromatic heterocycles. The van der Waals surface area contributed by atoms with Crippen LogP contribution in [0.1, 0.15) is 35.7 Å². The van der Waals surface area contributed by atoms with Crippen LogP contribution in [0.5, 0.6) is 11.5 Å². The molecule has 0 aliphatic heterocycles. The topological polar surface area (TPSA) is 97.2 Å². The molecule has 7 heteroatoms. The molecule has 0 spiro atoms. The van der Waals surface area contributed by atoms with Crippen molar-refractivity contribution in [2.75, 3.05) is 13.2 Å². The molecule has 0 radical (unpaired) electrons. The van der Waals surface area contributed by atoms with Crippen molar-refractivity contribution >= 4 is 18.1 Å². The third-order valence-electron chi connectivity index (χ3n) is 3.51. The number of nitrogens with zero attached hydrogens (tertiary/aromatic N) is 1. The average Bonchev–Trinajstić information content (AvgIpc) is 2.68. The van der Waals surface area contributed by atoms with Gasteiger partial charge in [-0.05, 0) is 60.5 Å². The highest BCUT2D eigenvalue weighted by molar-refractivity contribution is 5.95. The monoisotopic (exact) mass is 370 g/mol. The molecule has 0 fully saturated rings. The minimum Gasteiger partial charge on any atom is -0.494 e. The Labute approximate surface area is 157 Å². The van der Waals surface area contributed by atoms with Crippen LogP contribution in [0, 0.1) is 0 Å². The number of carbonyl (C=O) groups excluding carboxylic acids is 1. The van der Waals surface area contributed by atoms with Crippen molar-refractivity contribution in [2.24, 2.45) is 5.10 Å². The van der Waals surface area contributed by atoms with E-state index in [0.717, 1.165) is 24.2 Å². The maximum Gasteiger partial charge on any atom is 0.341 e. The van der Waals surface area contributed by atoms with Gasteiger partial charge in [0, 0.05) is 5.56 Å². The van der Waals surface area contributed by atoms with Gasteiger partial charge in [-0.1, -0.05) is 13.3 Å². The summed E-state index contributed by atoms with van der Waals surface area (Å²) in [6.07, 6.45) is 3.54. The molecule has 0 saturated carbocycles. The Kier molecular flexibility index (Phi) is 7.84. The molecule has 2 rings (SSSR count). The van der Waals surface area contributed by atoms with E-state index in [0.29, 0.717) is 17.9 Å². The first-order valence-electron chi connectivity index (χ1n) is 8.59. The van der Waals surface area contributed by atoms with Gasteiger partial charge in [-0.3, -0.25) is 4.79 Å². The van der Waals surface area contributed by atoms with Gasteiger partial charge in [-0.2, -0.15) is 5.10 Å². The Balaban J connectivity index is 1.82. The molecule has 0 saturated heterocycles.